The second kappa shape index (κ2) is 19.6. The van der Waals surface area contributed by atoms with Gasteiger partial charge in [0.1, 0.15) is 0 Å². The number of hydrogen-bond acceptors (Lipinski definition) is 11. The Morgan fingerprint density at radius 2 is 0.640 bits per heavy atom. The molecule has 0 saturated heterocycles. The molecule has 0 fully saturated rings. The zero-order chi connectivity index (χ0) is 15.7. The first kappa shape index (κ1) is 38.3. The lowest BCUT2D eigenvalue weighted by Crippen LogP contribution is -2.43. The third-order valence-corrected chi connectivity index (χ3v) is 2.17. The van der Waals surface area contributed by atoms with E-state index >= 15 is 0 Å². The molecule has 25 heavy (non-hydrogen) atoms. The van der Waals surface area contributed by atoms with Gasteiger partial charge in [-0.2, -0.15) is 0 Å². The molecule has 0 aromatic rings. The van der Waals surface area contributed by atoms with Crippen LogP contribution in [0.4, 0.5) is 0 Å². The minimum absolute atomic E-state index is 0. The Kier molecular flexibility index (Phi) is 30.1. The van der Waals surface area contributed by atoms with Crippen molar-refractivity contribution >= 4 is 23.9 Å². The molecule has 154 valence electrons. The van der Waals surface area contributed by atoms with E-state index in [2.05, 4.69) is 0 Å². The molecular weight excluding hydrogens is 346 g/mol. The fraction of sp³-hybridized carbons (Fsp3) is 0.600. The van der Waals surface area contributed by atoms with Gasteiger partial charge in [-0.3, -0.25) is 29.0 Å². The van der Waals surface area contributed by atoms with Gasteiger partial charge in [0.2, 0.25) is 0 Å². The summed E-state index contributed by atoms with van der Waals surface area (Å²) in [5.41, 5.74) is 0. The zero-order valence-corrected chi connectivity index (χ0v) is 14.1. The molecule has 0 aromatic heterocycles. The molecule has 0 spiro atoms. The zero-order valence-electron chi connectivity index (χ0n) is 14.1. The van der Waals surface area contributed by atoms with Crippen molar-refractivity contribution < 1.29 is 39.6 Å². The molecule has 0 rings (SSSR count). The van der Waals surface area contributed by atoms with Crippen LogP contribution in [0.5, 0.6) is 0 Å². The lowest BCUT2D eigenvalue weighted by molar-refractivity contribution is -0.145. The number of carboxylic acid groups (broad SMARTS) is 4. The molecule has 15 heteroatoms. The van der Waals surface area contributed by atoms with Gasteiger partial charge in [0.25, 0.3) is 0 Å². The molecule has 0 aliphatic carbocycles. The summed E-state index contributed by atoms with van der Waals surface area (Å²) in [6.07, 6.45) is 0. The fourth-order valence-electron chi connectivity index (χ4n) is 1.48. The van der Waals surface area contributed by atoms with Crippen molar-refractivity contribution in [2.75, 3.05) is 39.3 Å². The molecule has 15 nitrogen and oxygen atoms in total. The normalized spacial score (nSPS) is 8.56. The third-order valence-electron chi connectivity index (χ3n) is 2.17. The van der Waals surface area contributed by atoms with Crippen LogP contribution >= 0.6 is 0 Å². The maximum absolute atomic E-state index is 10.6. The van der Waals surface area contributed by atoms with Gasteiger partial charge >= 0.3 is 23.9 Å². The van der Waals surface area contributed by atoms with E-state index < -0.39 is 50.1 Å². The number of carbonyl (C=O) groups is 4. The minimum Gasteiger partial charge on any atom is -0.480 e. The van der Waals surface area contributed by atoms with E-state index in [9.17, 15) is 19.2 Å². The number of carboxylic acids is 4. The molecule has 0 unspecified atom stereocenters. The minimum atomic E-state index is -1.23. The maximum atomic E-state index is 10.6. The van der Waals surface area contributed by atoms with Gasteiger partial charge in [-0.1, -0.05) is 0 Å². The van der Waals surface area contributed by atoms with Crippen molar-refractivity contribution in [3.8, 4) is 0 Å². The second-order valence-electron chi connectivity index (χ2n) is 4.00. The first-order chi connectivity index (χ1) is 9.20. The van der Waals surface area contributed by atoms with Crippen LogP contribution in [0.1, 0.15) is 0 Å². The van der Waals surface area contributed by atoms with Crippen LogP contribution in [-0.2, 0) is 19.2 Å². The molecule has 0 heterocycles. The van der Waals surface area contributed by atoms with Gasteiger partial charge in [-0.15, -0.1) is 0 Å². The molecule has 0 aliphatic rings. The summed E-state index contributed by atoms with van der Waals surface area (Å²) < 4.78 is 0. The van der Waals surface area contributed by atoms with Crippen molar-refractivity contribution in [3.63, 3.8) is 0 Å². The quantitative estimate of drug-likeness (QED) is 0.202. The van der Waals surface area contributed by atoms with Crippen molar-refractivity contribution in [2.24, 2.45) is 0 Å². The van der Waals surface area contributed by atoms with Crippen LogP contribution < -0.4 is 30.8 Å². The van der Waals surface area contributed by atoms with Crippen LogP contribution in [0.2, 0.25) is 0 Å². The highest BCUT2D eigenvalue weighted by Crippen LogP contribution is 1.94. The first-order valence-electron chi connectivity index (χ1n) is 5.52. The van der Waals surface area contributed by atoms with Gasteiger partial charge in [0.15, 0.2) is 0 Å². The number of nitrogens with zero attached hydrogens (tertiary/aromatic N) is 2. The van der Waals surface area contributed by atoms with E-state index in [0.29, 0.717) is 0 Å². The van der Waals surface area contributed by atoms with E-state index in [1.165, 1.54) is 0 Å². The summed E-state index contributed by atoms with van der Waals surface area (Å²) in [4.78, 5) is 44.4. The Bertz CT molecular complexity index is 327. The Hall–Kier alpha value is -2.40. The molecule has 0 aromatic carbocycles. The highest BCUT2D eigenvalue weighted by Gasteiger charge is 2.17. The summed E-state index contributed by atoms with van der Waals surface area (Å²) in [6, 6.07) is 0. The van der Waals surface area contributed by atoms with Crippen LogP contribution in [0, 0.1) is 0 Å². The van der Waals surface area contributed by atoms with Crippen LogP contribution in [-0.4, -0.2) is 93.4 Å². The third kappa shape index (κ3) is 24.0. The molecule has 0 amide bonds. The predicted octanol–water partition coefficient (Wildman–Crippen LogP) is -1.26. The summed E-state index contributed by atoms with van der Waals surface area (Å²) in [5, 5.41) is 34.5. The summed E-state index contributed by atoms with van der Waals surface area (Å²) in [6.45, 7) is -2.25. The van der Waals surface area contributed by atoms with Gasteiger partial charge in [0, 0.05) is 13.1 Å². The average Bonchev–Trinajstić information content (AvgIpc) is 2.22. The van der Waals surface area contributed by atoms with E-state index in [1.807, 2.05) is 0 Å². The fourth-order valence-corrected chi connectivity index (χ4v) is 1.48. The van der Waals surface area contributed by atoms with E-state index in [-0.39, 0.29) is 43.8 Å². The molecule has 0 aliphatic heterocycles. The molecular formula is C10H31N7O8. The molecule has 0 bridgehead atoms. The van der Waals surface area contributed by atoms with Crippen LogP contribution in [0.3, 0.4) is 0 Å². The Labute approximate surface area is 144 Å². The Morgan fingerprint density at radius 1 is 0.480 bits per heavy atom. The van der Waals surface area contributed by atoms with E-state index in [4.69, 9.17) is 20.4 Å². The summed E-state index contributed by atoms with van der Waals surface area (Å²) in [5.74, 6) is -4.91. The maximum Gasteiger partial charge on any atom is 0.317 e. The Balaban J connectivity index is -0.000000180. The first-order valence-corrected chi connectivity index (χ1v) is 5.52. The van der Waals surface area contributed by atoms with E-state index in [0.717, 1.165) is 9.80 Å². The molecule has 19 N–H and O–H groups in total. The largest absolute Gasteiger partial charge is 0.480 e. The van der Waals surface area contributed by atoms with Crippen LogP contribution in [0.25, 0.3) is 0 Å². The van der Waals surface area contributed by atoms with Crippen molar-refractivity contribution in [1.82, 2.24) is 40.6 Å². The average molecular weight is 377 g/mol. The molecule has 0 saturated carbocycles. The SMILES string of the molecule is N.N.N.N.N.O=C(O)CN(CCN(CC(=O)O)CC(=O)O)CC(=O)O. The highest BCUT2D eigenvalue weighted by atomic mass is 16.4. The number of hydrogen-bond donors (Lipinski definition) is 9. The molecule has 0 radical (unpaired) electrons. The van der Waals surface area contributed by atoms with Crippen molar-refractivity contribution in [3.05, 3.63) is 0 Å². The Morgan fingerprint density at radius 3 is 0.760 bits per heavy atom. The molecule has 0 atom stereocenters. The number of rotatable bonds is 11. The van der Waals surface area contributed by atoms with Gasteiger partial charge in [-0.25, -0.2) is 0 Å². The predicted molar refractivity (Wildman–Crippen MR) is 88.5 cm³/mol. The van der Waals surface area contributed by atoms with Crippen LogP contribution in [0.15, 0.2) is 0 Å². The van der Waals surface area contributed by atoms with Gasteiger partial charge < -0.3 is 51.2 Å². The van der Waals surface area contributed by atoms with Gasteiger partial charge in [0.05, 0.1) is 26.2 Å². The number of aliphatic carboxylic acids is 4. The lowest BCUT2D eigenvalue weighted by Gasteiger charge is -2.23. The summed E-state index contributed by atoms with van der Waals surface area (Å²) >= 11 is 0. The highest BCUT2D eigenvalue weighted by molar-refractivity contribution is 5.73. The van der Waals surface area contributed by atoms with Crippen molar-refractivity contribution in [1.29, 1.82) is 0 Å². The van der Waals surface area contributed by atoms with Gasteiger partial charge in [-0.05, 0) is 0 Å². The summed E-state index contributed by atoms with van der Waals surface area (Å²) in [7, 11) is 0. The topological polar surface area (TPSA) is 331 Å². The second-order valence-corrected chi connectivity index (χ2v) is 4.00. The monoisotopic (exact) mass is 377 g/mol. The lowest BCUT2D eigenvalue weighted by atomic mass is 10.4. The van der Waals surface area contributed by atoms with E-state index in [1.54, 1.807) is 0 Å². The standard InChI is InChI=1S/C10H16N2O8.5H3N/c13-7(14)3-11(4-8(15)16)1-2-12(5-9(17)18)6-10(19)20;;;;;/h1-6H2,(H,13,14)(H,15,16)(H,17,18)(H,19,20);5*1H3. The smallest absolute Gasteiger partial charge is 0.317 e. The van der Waals surface area contributed by atoms with Crippen molar-refractivity contribution in [2.45, 2.75) is 0 Å².